The second-order valence-electron chi connectivity index (χ2n) is 3.51. The average Bonchev–Trinajstić information content (AvgIpc) is 2.22. The summed E-state index contributed by atoms with van der Waals surface area (Å²) in [6.07, 6.45) is 0. The first-order valence-electron chi connectivity index (χ1n) is 4.79. The van der Waals surface area contributed by atoms with E-state index in [-0.39, 0.29) is 0 Å². The maximum absolute atomic E-state index is 10.7. The molecule has 0 heterocycles. The Labute approximate surface area is 99.2 Å². The number of carboxylic acid groups (broad SMARTS) is 1. The van der Waals surface area contributed by atoms with Crippen LogP contribution in [0.4, 0.5) is 5.69 Å². The van der Waals surface area contributed by atoms with Crippen LogP contribution in [0.15, 0.2) is 12.1 Å². The molecule has 0 aliphatic rings. The van der Waals surface area contributed by atoms with Crippen LogP contribution in [0.5, 0.6) is 5.75 Å². The average molecular weight is 244 g/mol. The molecule has 0 saturated carbocycles. The fourth-order valence-corrected chi connectivity index (χ4v) is 1.39. The SMILES string of the molecule is COc1cc(Cl)c(C)cc1NC(C)C(=O)O. The number of halogens is 1. The van der Waals surface area contributed by atoms with E-state index >= 15 is 0 Å². The number of hydrogen-bond acceptors (Lipinski definition) is 3. The van der Waals surface area contributed by atoms with Crippen molar-refractivity contribution in [2.45, 2.75) is 19.9 Å². The highest BCUT2D eigenvalue weighted by Gasteiger charge is 2.14. The van der Waals surface area contributed by atoms with Gasteiger partial charge in [-0.05, 0) is 25.5 Å². The highest BCUT2D eigenvalue weighted by molar-refractivity contribution is 6.31. The zero-order valence-electron chi connectivity index (χ0n) is 9.37. The molecule has 1 atom stereocenters. The minimum atomic E-state index is -0.922. The summed E-state index contributed by atoms with van der Waals surface area (Å²) in [5, 5.41) is 12.2. The van der Waals surface area contributed by atoms with Crippen molar-refractivity contribution >= 4 is 23.3 Å². The van der Waals surface area contributed by atoms with E-state index in [4.69, 9.17) is 21.4 Å². The molecule has 5 heteroatoms. The van der Waals surface area contributed by atoms with Crippen molar-refractivity contribution in [1.29, 1.82) is 0 Å². The summed E-state index contributed by atoms with van der Waals surface area (Å²) in [5.41, 5.74) is 1.49. The van der Waals surface area contributed by atoms with Gasteiger partial charge in [0.2, 0.25) is 0 Å². The maximum atomic E-state index is 10.7. The van der Waals surface area contributed by atoms with Gasteiger partial charge in [-0.15, -0.1) is 0 Å². The normalized spacial score (nSPS) is 12.0. The molecule has 2 N–H and O–H groups in total. The minimum absolute atomic E-state index is 0.531. The number of nitrogens with one attached hydrogen (secondary N) is 1. The summed E-state index contributed by atoms with van der Waals surface area (Å²) in [6.45, 7) is 3.41. The van der Waals surface area contributed by atoms with Gasteiger partial charge >= 0.3 is 5.97 Å². The second-order valence-corrected chi connectivity index (χ2v) is 3.91. The molecule has 4 nitrogen and oxygen atoms in total. The summed E-state index contributed by atoms with van der Waals surface area (Å²) < 4.78 is 5.12. The van der Waals surface area contributed by atoms with E-state index in [0.29, 0.717) is 16.5 Å². The number of methoxy groups -OCH3 is 1. The third-order valence-corrected chi connectivity index (χ3v) is 2.63. The van der Waals surface area contributed by atoms with E-state index in [1.54, 1.807) is 19.1 Å². The van der Waals surface area contributed by atoms with Crippen molar-refractivity contribution in [3.8, 4) is 5.75 Å². The predicted octanol–water partition coefficient (Wildman–Crippen LogP) is 2.54. The first-order chi connectivity index (χ1) is 7.45. The summed E-state index contributed by atoms with van der Waals surface area (Å²) in [5.74, 6) is -0.390. The van der Waals surface area contributed by atoms with Crippen molar-refractivity contribution in [3.05, 3.63) is 22.7 Å². The van der Waals surface area contributed by atoms with Gasteiger partial charge in [-0.2, -0.15) is 0 Å². The standard InChI is InChI=1S/C11H14ClNO3/c1-6-4-9(13-7(2)11(14)15)10(16-3)5-8(6)12/h4-5,7,13H,1-3H3,(H,14,15). The smallest absolute Gasteiger partial charge is 0.325 e. The van der Waals surface area contributed by atoms with E-state index in [1.807, 2.05) is 6.92 Å². The first-order valence-corrected chi connectivity index (χ1v) is 5.17. The molecule has 1 aromatic rings. The third kappa shape index (κ3) is 2.79. The Bertz CT molecular complexity index is 406. The van der Waals surface area contributed by atoms with Crippen LogP contribution in [-0.4, -0.2) is 24.2 Å². The molecular formula is C11H14ClNO3. The summed E-state index contributed by atoms with van der Waals surface area (Å²) >= 11 is 5.94. The molecule has 1 rings (SSSR count). The molecule has 16 heavy (non-hydrogen) atoms. The summed E-state index contributed by atoms with van der Waals surface area (Å²) in [6, 6.07) is 2.74. The number of anilines is 1. The number of rotatable bonds is 4. The van der Waals surface area contributed by atoms with E-state index in [9.17, 15) is 4.79 Å². The monoisotopic (exact) mass is 243 g/mol. The zero-order chi connectivity index (χ0) is 12.3. The fourth-order valence-electron chi connectivity index (χ4n) is 1.24. The lowest BCUT2D eigenvalue weighted by Crippen LogP contribution is -2.25. The van der Waals surface area contributed by atoms with Gasteiger partial charge in [-0.3, -0.25) is 4.79 Å². The molecule has 88 valence electrons. The number of aliphatic carboxylic acids is 1. The summed E-state index contributed by atoms with van der Waals surface area (Å²) in [7, 11) is 1.51. The molecule has 0 saturated heterocycles. The Balaban J connectivity index is 3.03. The lowest BCUT2D eigenvalue weighted by Gasteiger charge is -2.15. The van der Waals surface area contributed by atoms with E-state index in [0.717, 1.165) is 5.56 Å². The number of benzene rings is 1. The molecule has 0 amide bonds. The van der Waals surface area contributed by atoms with Crippen molar-refractivity contribution in [3.63, 3.8) is 0 Å². The Morgan fingerprint density at radius 3 is 2.69 bits per heavy atom. The highest BCUT2D eigenvalue weighted by Crippen LogP contribution is 2.31. The van der Waals surface area contributed by atoms with Gasteiger partial charge in [0.15, 0.2) is 0 Å². The Hall–Kier alpha value is -1.42. The molecule has 0 fully saturated rings. The van der Waals surface area contributed by atoms with Crippen LogP contribution in [0, 0.1) is 6.92 Å². The lowest BCUT2D eigenvalue weighted by atomic mass is 10.2. The minimum Gasteiger partial charge on any atom is -0.495 e. The predicted molar refractivity (Wildman–Crippen MR) is 63.5 cm³/mol. The molecule has 1 unspecified atom stereocenters. The quantitative estimate of drug-likeness (QED) is 0.853. The van der Waals surface area contributed by atoms with Crippen LogP contribution >= 0.6 is 11.6 Å². The number of aryl methyl sites for hydroxylation is 1. The van der Waals surface area contributed by atoms with E-state index < -0.39 is 12.0 Å². The van der Waals surface area contributed by atoms with Gasteiger partial charge in [0, 0.05) is 11.1 Å². The van der Waals surface area contributed by atoms with Crippen molar-refractivity contribution in [2.24, 2.45) is 0 Å². The van der Waals surface area contributed by atoms with Gasteiger partial charge < -0.3 is 15.2 Å². The zero-order valence-corrected chi connectivity index (χ0v) is 10.1. The van der Waals surface area contributed by atoms with Crippen LogP contribution < -0.4 is 10.1 Å². The van der Waals surface area contributed by atoms with Gasteiger partial charge in [0.1, 0.15) is 11.8 Å². The molecule has 0 spiro atoms. The van der Waals surface area contributed by atoms with Crippen molar-refractivity contribution in [2.75, 3.05) is 12.4 Å². The molecular weight excluding hydrogens is 230 g/mol. The number of carbonyl (C=O) groups is 1. The molecule has 1 aromatic carbocycles. The van der Waals surface area contributed by atoms with Gasteiger partial charge in [0.25, 0.3) is 0 Å². The molecule has 0 bridgehead atoms. The second kappa shape index (κ2) is 5.07. The van der Waals surface area contributed by atoms with Crippen LogP contribution in [0.3, 0.4) is 0 Å². The largest absolute Gasteiger partial charge is 0.495 e. The van der Waals surface area contributed by atoms with Crippen LogP contribution in [0.2, 0.25) is 5.02 Å². The molecule has 0 radical (unpaired) electrons. The summed E-state index contributed by atoms with van der Waals surface area (Å²) in [4.78, 5) is 10.7. The Morgan fingerprint density at radius 2 is 2.19 bits per heavy atom. The molecule has 0 aliphatic heterocycles. The van der Waals surface area contributed by atoms with Gasteiger partial charge in [0.05, 0.1) is 12.8 Å². The van der Waals surface area contributed by atoms with E-state index in [1.165, 1.54) is 7.11 Å². The fraction of sp³-hybridized carbons (Fsp3) is 0.364. The van der Waals surface area contributed by atoms with Crippen molar-refractivity contribution < 1.29 is 14.6 Å². The Morgan fingerprint density at radius 1 is 1.56 bits per heavy atom. The highest BCUT2D eigenvalue weighted by atomic mass is 35.5. The lowest BCUT2D eigenvalue weighted by molar-refractivity contribution is -0.137. The first kappa shape index (κ1) is 12.6. The van der Waals surface area contributed by atoms with Gasteiger partial charge in [-0.25, -0.2) is 0 Å². The number of carboxylic acids is 1. The Kier molecular flexibility index (Phi) is 4.01. The van der Waals surface area contributed by atoms with Crippen molar-refractivity contribution in [1.82, 2.24) is 0 Å². The van der Waals surface area contributed by atoms with E-state index in [2.05, 4.69) is 5.32 Å². The van der Waals surface area contributed by atoms with Crippen LogP contribution in [-0.2, 0) is 4.79 Å². The number of ether oxygens (including phenoxy) is 1. The van der Waals surface area contributed by atoms with Crippen LogP contribution in [0.1, 0.15) is 12.5 Å². The maximum Gasteiger partial charge on any atom is 0.325 e. The van der Waals surface area contributed by atoms with Gasteiger partial charge in [-0.1, -0.05) is 11.6 Å². The molecule has 0 aromatic heterocycles. The topological polar surface area (TPSA) is 58.6 Å². The third-order valence-electron chi connectivity index (χ3n) is 2.22. The molecule has 0 aliphatic carbocycles. The number of hydrogen-bond donors (Lipinski definition) is 2. The van der Waals surface area contributed by atoms with Crippen LogP contribution in [0.25, 0.3) is 0 Å².